The maximum Gasteiger partial charge on any atom is 0.104 e. The van der Waals surface area contributed by atoms with Crippen LogP contribution in [0.4, 0.5) is 5.69 Å². The van der Waals surface area contributed by atoms with Gasteiger partial charge in [-0.15, -0.1) is 11.3 Å². The van der Waals surface area contributed by atoms with Gasteiger partial charge in [-0.25, -0.2) is 0 Å². The van der Waals surface area contributed by atoms with Crippen molar-refractivity contribution in [1.29, 1.82) is 0 Å². The van der Waals surface area contributed by atoms with Gasteiger partial charge in [-0.3, -0.25) is 0 Å². The average molecular weight is 282 g/mol. The first-order valence-electron chi connectivity index (χ1n) is 5.96. The molecule has 4 rings (SSSR count). The van der Waals surface area contributed by atoms with Gasteiger partial charge in [0.15, 0.2) is 0 Å². The van der Waals surface area contributed by atoms with E-state index >= 15 is 0 Å². The lowest BCUT2D eigenvalue weighted by Gasteiger charge is -1.96. The number of benzene rings is 2. The molecule has 0 bridgehead atoms. The highest BCUT2D eigenvalue weighted by molar-refractivity contribution is 7.23. The van der Waals surface area contributed by atoms with E-state index in [9.17, 15) is 0 Å². The number of aromatic nitrogens is 1. The topological polar surface area (TPSA) is 38.9 Å². The summed E-state index contributed by atoms with van der Waals surface area (Å²) < 4.78 is 7.01. The van der Waals surface area contributed by atoms with Crippen LogP contribution in [0.2, 0.25) is 0 Å². The molecule has 0 aliphatic rings. The van der Waals surface area contributed by atoms with E-state index in [0.29, 0.717) is 0 Å². The van der Waals surface area contributed by atoms with Crippen molar-refractivity contribution in [2.45, 2.75) is 0 Å². The second kappa shape index (κ2) is 4.05. The lowest BCUT2D eigenvalue weighted by atomic mass is 10.1. The molecule has 0 atom stereocenters. The largest absolute Gasteiger partial charge is 0.397 e. The molecule has 0 unspecified atom stereocenters. The van der Waals surface area contributed by atoms with Crippen LogP contribution in [-0.2, 0) is 0 Å². The zero-order valence-corrected chi connectivity index (χ0v) is 11.6. The fourth-order valence-electron chi connectivity index (χ4n) is 2.29. The third kappa shape index (κ3) is 1.57. The molecule has 2 N–H and O–H groups in total. The lowest BCUT2D eigenvalue weighted by Crippen LogP contribution is -1.85. The quantitative estimate of drug-likeness (QED) is 0.546. The number of thiophene rings is 1. The highest BCUT2D eigenvalue weighted by Gasteiger charge is 2.15. The molecule has 4 aromatic rings. The summed E-state index contributed by atoms with van der Waals surface area (Å²) in [5.41, 5.74) is 8.15. The molecule has 0 fully saturated rings. The molecular formula is C15H10N2S2. The summed E-state index contributed by atoms with van der Waals surface area (Å²) in [5.74, 6) is 0. The van der Waals surface area contributed by atoms with Crippen molar-refractivity contribution in [2.75, 3.05) is 5.73 Å². The third-order valence-electron chi connectivity index (χ3n) is 3.23. The van der Waals surface area contributed by atoms with E-state index in [1.54, 1.807) is 11.3 Å². The van der Waals surface area contributed by atoms with Crippen LogP contribution in [0.3, 0.4) is 0 Å². The van der Waals surface area contributed by atoms with Crippen molar-refractivity contribution in [3.63, 3.8) is 0 Å². The number of anilines is 1. The highest BCUT2D eigenvalue weighted by atomic mass is 32.1. The van der Waals surface area contributed by atoms with Crippen LogP contribution in [0.15, 0.2) is 48.5 Å². The predicted molar refractivity (Wildman–Crippen MR) is 84.9 cm³/mol. The van der Waals surface area contributed by atoms with E-state index in [-0.39, 0.29) is 0 Å². The van der Waals surface area contributed by atoms with Gasteiger partial charge in [-0.2, -0.15) is 4.37 Å². The van der Waals surface area contributed by atoms with Crippen LogP contribution in [0.25, 0.3) is 30.7 Å². The molecule has 0 spiro atoms. The van der Waals surface area contributed by atoms with Crippen molar-refractivity contribution in [2.24, 2.45) is 0 Å². The Morgan fingerprint density at radius 1 is 0.842 bits per heavy atom. The first-order chi connectivity index (χ1) is 9.34. The zero-order chi connectivity index (χ0) is 12.8. The minimum absolute atomic E-state index is 0.844. The van der Waals surface area contributed by atoms with E-state index in [1.165, 1.54) is 26.3 Å². The van der Waals surface area contributed by atoms with Crippen LogP contribution in [0.1, 0.15) is 0 Å². The second-order valence-electron chi connectivity index (χ2n) is 4.37. The molecule has 0 saturated carbocycles. The van der Waals surface area contributed by atoms with E-state index in [0.717, 1.165) is 21.6 Å². The monoisotopic (exact) mass is 282 g/mol. The summed E-state index contributed by atoms with van der Waals surface area (Å²) in [6.45, 7) is 0. The number of nitrogens with two attached hydrogens (primary N) is 1. The molecule has 0 aliphatic heterocycles. The fourth-order valence-corrected chi connectivity index (χ4v) is 4.26. The van der Waals surface area contributed by atoms with E-state index in [1.807, 2.05) is 24.3 Å². The zero-order valence-electron chi connectivity index (χ0n) is 9.96. The van der Waals surface area contributed by atoms with Crippen LogP contribution >= 0.6 is 22.9 Å². The Hall–Kier alpha value is -1.91. The number of rotatable bonds is 1. The Labute approximate surface area is 118 Å². The maximum absolute atomic E-state index is 6.30. The Bertz CT molecular complexity index is 889. The smallest absolute Gasteiger partial charge is 0.104 e. The first kappa shape index (κ1) is 11.0. The summed E-state index contributed by atoms with van der Waals surface area (Å²) in [7, 11) is 0. The summed E-state index contributed by atoms with van der Waals surface area (Å²) in [6, 6.07) is 16.5. The van der Waals surface area contributed by atoms with Crippen LogP contribution in [-0.4, -0.2) is 4.37 Å². The number of hydrogen-bond donors (Lipinski definition) is 1. The number of hydrogen-bond acceptors (Lipinski definition) is 4. The van der Waals surface area contributed by atoms with Gasteiger partial charge in [-0.05, 0) is 23.7 Å². The predicted octanol–water partition coefficient (Wildman–Crippen LogP) is 4.76. The first-order valence-corrected chi connectivity index (χ1v) is 7.55. The Balaban J connectivity index is 2.07. The minimum atomic E-state index is 0.844. The van der Waals surface area contributed by atoms with Crippen molar-refractivity contribution < 1.29 is 0 Å². The van der Waals surface area contributed by atoms with E-state index in [2.05, 4.69) is 28.6 Å². The summed E-state index contributed by atoms with van der Waals surface area (Å²) in [4.78, 5) is 1.08. The Morgan fingerprint density at radius 3 is 2.32 bits per heavy atom. The van der Waals surface area contributed by atoms with Crippen molar-refractivity contribution >= 4 is 48.7 Å². The summed E-state index contributed by atoms with van der Waals surface area (Å²) in [5, 5.41) is 2.31. The van der Waals surface area contributed by atoms with Gasteiger partial charge in [0.2, 0.25) is 0 Å². The van der Waals surface area contributed by atoms with E-state index < -0.39 is 0 Å². The SMILES string of the molecule is Nc1c(-c2nsc3ccccc23)sc2ccccc12. The van der Waals surface area contributed by atoms with Gasteiger partial charge < -0.3 is 5.73 Å². The number of fused-ring (bicyclic) bond motifs is 2. The average Bonchev–Trinajstić information content (AvgIpc) is 3.01. The van der Waals surface area contributed by atoms with Crippen molar-refractivity contribution in [3.8, 4) is 10.6 Å². The molecule has 2 aromatic carbocycles. The normalized spacial score (nSPS) is 11.4. The van der Waals surface area contributed by atoms with Gasteiger partial charge in [0.25, 0.3) is 0 Å². The fraction of sp³-hybridized carbons (Fsp3) is 0. The molecule has 4 heteroatoms. The standard InChI is InChI=1S/C15H10N2S2/c16-13-9-5-1-3-7-11(9)18-15(13)14-10-6-2-4-8-12(10)19-17-14/h1-8H,16H2. The second-order valence-corrected chi connectivity index (χ2v) is 6.23. The van der Waals surface area contributed by atoms with Crippen LogP contribution < -0.4 is 5.73 Å². The summed E-state index contributed by atoms with van der Waals surface area (Å²) >= 11 is 3.24. The van der Waals surface area contributed by atoms with Crippen LogP contribution in [0, 0.1) is 0 Å². The highest BCUT2D eigenvalue weighted by Crippen LogP contribution is 2.43. The van der Waals surface area contributed by atoms with Crippen molar-refractivity contribution in [3.05, 3.63) is 48.5 Å². The van der Waals surface area contributed by atoms with Gasteiger partial charge in [0.1, 0.15) is 5.69 Å². The van der Waals surface area contributed by atoms with Gasteiger partial charge in [0, 0.05) is 15.5 Å². The van der Waals surface area contributed by atoms with Gasteiger partial charge in [-0.1, -0.05) is 36.4 Å². The number of nitrogen functional groups attached to an aromatic ring is 1. The van der Waals surface area contributed by atoms with E-state index in [4.69, 9.17) is 5.73 Å². The third-order valence-corrected chi connectivity index (χ3v) is 5.25. The minimum Gasteiger partial charge on any atom is -0.397 e. The molecule has 19 heavy (non-hydrogen) atoms. The molecule has 2 heterocycles. The molecule has 2 aromatic heterocycles. The Kier molecular flexibility index (Phi) is 2.33. The molecule has 92 valence electrons. The van der Waals surface area contributed by atoms with Gasteiger partial charge >= 0.3 is 0 Å². The van der Waals surface area contributed by atoms with Crippen LogP contribution in [0.5, 0.6) is 0 Å². The van der Waals surface area contributed by atoms with Crippen molar-refractivity contribution in [1.82, 2.24) is 4.37 Å². The molecule has 0 amide bonds. The molecule has 0 radical (unpaired) electrons. The maximum atomic E-state index is 6.30. The Morgan fingerprint density at radius 2 is 1.53 bits per heavy atom. The number of nitrogens with zero attached hydrogens (tertiary/aromatic N) is 1. The molecule has 0 saturated heterocycles. The molecular weight excluding hydrogens is 272 g/mol. The molecule has 2 nitrogen and oxygen atoms in total. The van der Waals surface area contributed by atoms with Gasteiger partial charge in [0.05, 0.1) is 15.3 Å². The lowest BCUT2D eigenvalue weighted by molar-refractivity contribution is 1.60. The summed E-state index contributed by atoms with van der Waals surface area (Å²) in [6.07, 6.45) is 0. The molecule has 0 aliphatic carbocycles.